The van der Waals surface area contributed by atoms with Gasteiger partial charge in [0.1, 0.15) is 12.0 Å². The summed E-state index contributed by atoms with van der Waals surface area (Å²) in [6.45, 7) is 0.715. The van der Waals surface area contributed by atoms with Crippen molar-refractivity contribution in [1.82, 2.24) is 4.57 Å². The fraction of sp³-hybridized carbons (Fsp3) is 0.118. The van der Waals surface area contributed by atoms with Gasteiger partial charge < -0.3 is 9.30 Å². The van der Waals surface area contributed by atoms with Gasteiger partial charge in [0.05, 0.1) is 13.7 Å². The monoisotopic (exact) mass is 343 g/mol. The van der Waals surface area contributed by atoms with Crippen LogP contribution in [-0.2, 0) is 6.54 Å². The number of aromatic nitrogens is 1. The molecule has 2 aromatic carbocycles. The minimum Gasteiger partial charge on any atom is -0.496 e. The topological polar surface area (TPSA) is 31.2 Å². The summed E-state index contributed by atoms with van der Waals surface area (Å²) in [4.78, 5) is 10.8. The predicted octanol–water partition coefficient (Wildman–Crippen LogP) is 4.27. The number of rotatable bonds is 4. The predicted molar refractivity (Wildman–Crippen MR) is 87.1 cm³/mol. The highest BCUT2D eigenvalue weighted by molar-refractivity contribution is 9.10. The Labute approximate surface area is 131 Å². The van der Waals surface area contributed by atoms with Crippen LogP contribution in [0.3, 0.4) is 0 Å². The molecule has 0 atom stereocenters. The zero-order chi connectivity index (χ0) is 14.8. The third-order valence-electron chi connectivity index (χ3n) is 3.51. The third-order valence-corrected chi connectivity index (χ3v) is 4.01. The van der Waals surface area contributed by atoms with Crippen molar-refractivity contribution in [2.45, 2.75) is 6.54 Å². The lowest BCUT2D eigenvalue weighted by Gasteiger charge is -2.11. The van der Waals surface area contributed by atoms with E-state index in [2.05, 4.69) is 26.6 Å². The molecule has 4 heteroatoms. The van der Waals surface area contributed by atoms with Crippen LogP contribution in [0, 0.1) is 0 Å². The van der Waals surface area contributed by atoms with Gasteiger partial charge in [0, 0.05) is 32.7 Å². The molecular weight excluding hydrogens is 330 g/mol. The van der Waals surface area contributed by atoms with E-state index in [-0.39, 0.29) is 0 Å². The van der Waals surface area contributed by atoms with E-state index in [1.54, 1.807) is 7.11 Å². The first kappa shape index (κ1) is 13.9. The molecular formula is C17H14BrNO2. The highest BCUT2D eigenvalue weighted by atomic mass is 79.9. The summed E-state index contributed by atoms with van der Waals surface area (Å²) in [7, 11) is 1.68. The summed E-state index contributed by atoms with van der Waals surface area (Å²) >= 11 is 3.49. The second-order valence-corrected chi connectivity index (χ2v) is 5.75. The number of methoxy groups -OCH3 is 1. The minimum absolute atomic E-state index is 0.695. The quantitative estimate of drug-likeness (QED) is 0.662. The largest absolute Gasteiger partial charge is 0.496 e. The second-order valence-electron chi connectivity index (χ2n) is 4.84. The average Bonchev–Trinajstić information content (AvgIpc) is 2.90. The van der Waals surface area contributed by atoms with Crippen LogP contribution in [0.1, 0.15) is 15.9 Å². The number of carbonyl (C=O) groups excluding carboxylic acids is 1. The van der Waals surface area contributed by atoms with Crippen LogP contribution in [0.4, 0.5) is 0 Å². The molecule has 0 fully saturated rings. The van der Waals surface area contributed by atoms with E-state index in [4.69, 9.17) is 4.74 Å². The molecule has 0 saturated carbocycles. The van der Waals surface area contributed by atoms with Crippen molar-refractivity contribution >= 4 is 33.1 Å². The highest BCUT2D eigenvalue weighted by Crippen LogP contribution is 2.26. The maximum Gasteiger partial charge on any atom is 0.150 e. The van der Waals surface area contributed by atoms with Gasteiger partial charge in [0.15, 0.2) is 0 Å². The maximum absolute atomic E-state index is 10.8. The molecule has 0 aliphatic heterocycles. The first-order valence-electron chi connectivity index (χ1n) is 6.58. The molecule has 0 aliphatic carbocycles. The SMILES string of the molecule is COc1ccc(Br)cc1Cn1ccc2cc(C=O)ccc21. The zero-order valence-electron chi connectivity index (χ0n) is 11.5. The van der Waals surface area contributed by atoms with Gasteiger partial charge in [-0.3, -0.25) is 4.79 Å². The fourth-order valence-electron chi connectivity index (χ4n) is 2.48. The van der Waals surface area contributed by atoms with E-state index in [0.717, 1.165) is 33.0 Å². The van der Waals surface area contributed by atoms with Gasteiger partial charge in [-0.2, -0.15) is 0 Å². The fourth-order valence-corrected chi connectivity index (χ4v) is 2.89. The molecule has 0 N–H and O–H groups in total. The van der Waals surface area contributed by atoms with Crippen molar-refractivity contribution in [3.05, 3.63) is 64.3 Å². The number of benzene rings is 2. The van der Waals surface area contributed by atoms with Gasteiger partial charge in [-0.25, -0.2) is 0 Å². The second kappa shape index (κ2) is 5.74. The van der Waals surface area contributed by atoms with Crippen LogP contribution in [0.5, 0.6) is 5.75 Å². The molecule has 0 amide bonds. The average molecular weight is 344 g/mol. The zero-order valence-corrected chi connectivity index (χ0v) is 13.1. The molecule has 3 aromatic rings. The van der Waals surface area contributed by atoms with Crippen molar-refractivity contribution in [1.29, 1.82) is 0 Å². The summed E-state index contributed by atoms with van der Waals surface area (Å²) in [5.41, 5.74) is 2.90. The van der Waals surface area contributed by atoms with Crippen LogP contribution >= 0.6 is 15.9 Å². The Morgan fingerprint density at radius 2 is 2.05 bits per heavy atom. The van der Waals surface area contributed by atoms with Crippen molar-refractivity contribution in [3.63, 3.8) is 0 Å². The van der Waals surface area contributed by atoms with Gasteiger partial charge >= 0.3 is 0 Å². The van der Waals surface area contributed by atoms with Crippen molar-refractivity contribution in [3.8, 4) is 5.75 Å². The van der Waals surface area contributed by atoms with Gasteiger partial charge in [-0.05, 0) is 42.5 Å². The molecule has 3 rings (SSSR count). The summed E-state index contributed by atoms with van der Waals surface area (Å²) in [6, 6.07) is 13.7. The molecule has 0 radical (unpaired) electrons. The van der Waals surface area contributed by atoms with E-state index in [9.17, 15) is 4.79 Å². The molecule has 1 aromatic heterocycles. The Bertz CT molecular complexity index is 808. The Kier molecular flexibility index (Phi) is 3.80. The number of ether oxygens (including phenoxy) is 1. The van der Waals surface area contributed by atoms with Crippen molar-refractivity contribution in [2.75, 3.05) is 7.11 Å². The number of hydrogen-bond donors (Lipinski definition) is 0. The summed E-state index contributed by atoms with van der Waals surface area (Å²) in [5, 5.41) is 1.06. The van der Waals surface area contributed by atoms with Crippen LogP contribution in [0.2, 0.25) is 0 Å². The first-order chi connectivity index (χ1) is 10.2. The first-order valence-corrected chi connectivity index (χ1v) is 7.37. The lowest BCUT2D eigenvalue weighted by Crippen LogP contribution is -2.00. The summed E-state index contributed by atoms with van der Waals surface area (Å²) in [6.07, 6.45) is 2.90. The molecule has 0 spiro atoms. The van der Waals surface area contributed by atoms with Crippen molar-refractivity contribution in [2.24, 2.45) is 0 Å². The lowest BCUT2D eigenvalue weighted by molar-refractivity contribution is 0.112. The van der Waals surface area contributed by atoms with E-state index >= 15 is 0 Å². The van der Waals surface area contributed by atoms with Crippen molar-refractivity contribution < 1.29 is 9.53 Å². The Balaban J connectivity index is 2.02. The number of nitrogens with zero attached hydrogens (tertiary/aromatic N) is 1. The van der Waals surface area contributed by atoms with Crippen LogP contribution in [-0.4, -0.2) is 18.0 Å². The highest BCUT2D eigenvalue weighted by Gasteiger charge is 2.07. The third kappa shape index (κ3) is 2.72. The lowest BCUT2D eigenvalue weighted by atomic mass is 10.1. The molecule has 106 valence electrons. The van der Waals surface area contributed by atoms with Crippen LogP contribution < -0.4 is 4.74 Å². The van der Waals surface area contributed by atoms with Crippen LogP contribution in [0.25, 0.3) is 10.9 Å². The molecule has 0 bridgehead atoms. The Hall–Kier alpha value is -2.07. The number of halogens is 1. The summed E-state index contributed by atoms with van der Waals surface area (Å²) in [5.74, 6) is 0.865. The Morgan fingerprint density at radius 3 is 2.81 bits per heavy atom. The van der Waals surface area contributed by atoms with E-state index < -0.39 is 0 Å². The molecule has 0 unspecified atom stereocenters. The van der Waals surface area contributed by atoms with E-state index in [1.165, 1.54) is 0 Å². The molecule has 0 saturated heterocycles. The molecule has 1 heterocycles. The van der Waals surface area contributed by atoms with Gasteiger partial charge in [-0.1, -0.05) is 15.9 Å². The number of carbonyl (C=O) groups is 1. The van der Waals surface area contributed by atoms with E-state index in [1.807, 2.05) is 42.6 Å². The molecule has 0 aliphatic rings. The van der Waals surface area contributed by atoms with Gasteiger partial charge in [-0.15, -0.1) is 0 Å². The summed E-state index contributed by atoms with van der Waals surface area (Å²) < 4.78 is 8.59. The number of aldehydes is 1. The Morgan fingerprint density at radius 1 is 1.19 bits per heavy atom. The van der Waals surface area contributed by atoms with Crippen LogP contribution in [0.15, 0.2) is 53.1 Å². The molecule has 3 nitrogen and oxygen atoms in total. The smallest absolute Gasteiger partial charge is 0.150 e. The minimum atomic E-state index is 0.695. The standard InChI is InChI=1S/C17H14BrNO2/c1-21-17-5-3-15(18)9-14(17)10-19-7-6-13-8-12(11-20)2-4-16(13)19/h2-9,11H,10H2,1H3. The normalized spacial score (nSPS) is 10.8. The van der Waals surface area contributed by atoms with Gasteiger partial charge in [0.25, 0.3) is 0 Å². The van der Waals surface area contributed by atoms with Gasteiger partial charge in [0.2, 0.25) is 0 Å². The number of fused-ring (bicyclic) bond motifs is 1. The maximum atomic E-state index is 10.8. The number of hydrogen-bond acceptors (Lipinski definition) is 2. The molecule has 21 heavy (non-hydrogen) atoms. The van der Waals surface area contributed by atoms with E-state index in [0.29, 0.717) is 12.1 Å².